The van der Waals surface area contributed by atoms with Crippen molar-refractivity contribution in [3.8, 4) is 5.88 Å². The molecule has 0 aliphatic heterocycles. The van der Waals surface area contributed by atoms with Gasteiger partial charge in [-0.1, -0.05) is 20.8 Å². The zero-order valence-electron chi connectivity index (χ0n) is 24.2. The number of aromatic nitrogens is 1. The highest BCUT2D eigenvalue weighted by Crippen LogP contribution is 2.50. The monoisotopic (exact) mass is 566 g/mol. The van der Waals surface area contributed by atoms with Crippen LogP contribution in [0.5, 0.6) is 5.88 Å². The molecule has 2 N–H and O–H groups in total. The summed E-state index contributed by atoms with van der Waals surface area (Å²) in [5.41, 5.74) is 0.538. The van der Waals surface area contributed by atoms with Gasteiger partial charge < -0.3 is 32.7 Å². The minimum atomic E-state index is -3.87. The maximum Gasteiger partial charge on any atom is 0.408 e. The summed E-state index contributed by atoms with van der Waals surface area (Å²) in [7, 11) is -1.11. The van der Waals surface area contributed by atoms with Crippen LogP contribution in [0.25, 0.3) is 0 Å². The van der Waals surface area contributed by atoms with Crippen molar-refractivity contribution < 1.29 is 46.6 Å². The van der Waals surface area contributed by atoms with E-state index >= 15 is 0 Å². The Labute approximate surface area is 220 Å². The van der Waals surface area contributed by atoms with E-state index in [1.807, 2.05) is 13.0 Å². The Balaban J connectivity index is 0.000000701. The minimum Gasteiger partial charge on any atom is -0.532 e. The Bertz CT molecular complexity index is 971. The first-order chi connectivity index (χ1) is 16.7. The highest BCUT2D eigenvalue weighted by molar-refractivity contribution is 7.55. The summed E-state index contributed by atoms with van der Waals surface area (Å²) in [6, 6.07) is 1.85. The molecule has 1 heterocycles. The van der Waals surface area contributed by atoms with Crippen LogP contribution in [0.15, 0.2) is 6.07 Å². The summed E-state index contributed by atoms with van der Waals surface area (Å²) in [6.07, 6.45) is -0.933. The molecule has 0 aliphatic carbocycles. The molecule has 1 amide bonds. The van der Waals surface area contributed by atoms with Gasteiger partial charge in [-0.2, -0.15) is 0 Å². The lowest BCUT2D eigenvalue weighted by molar-refractivity contribution is -0.141. The topological polar surface area (TPSA) is 151 Å². The van der Waals surface area contributed by atoms with Gasteiger partial charge in [0.2, 0.25) is 5.78 Å². The molecule has 0 radical (unpaired) electrons. The number of aromatic amines is 1. The third-order valence-corrected chi connectivity index (χ3v) is 11.8. The van der Waals surface area contributed by atoms with Gasteiger partial charge in [-0.15, -0.1) is 0 Å². The molecule has 0 saturated carbocycles. The van der Waals surface area contributed by atoms with Crippen molar-refractivity contribution in [1.82, 2.24) is 10.3 Å². The first kappa shape index (κ1) is 34.7. The van der Waals surface area contributed by atoms with E-state index in [2.05, 4.69) is 58.0 Å². The van der Waals surface area contributed by atoms with Crippen molar-refractivity contribution in [2.24, 2.45) is 0 Å². The maximum absolute atomic E-state index is 12.1. The second kappa shape index (κ2) is 13.5. The second-order valence-electron chi connectivity index (χ2n) is 10.5. The Morgan fingerprint density at radius 2 is 1.49 bits per heavy atom. The standard InChI is InChI=1S/C13H23NO3Si.C10H20NO7P/c1-9-8-10(14-11(9)12(15)16-5)17-18(6,7)13(2,3)4;1-10(2,3)18-9(13)11-7(8(12)15-4)19(14,16-5)17-6/h8,14H,1-7H3;7H,1-6H3,(H,11,13). The SMILES string of the molecule is COC(=O)C(NC(=O)OC(C)(C)C)P(=O)(OC)OC.COC(=O)c1[nH]c(O[Si](C)(C)C(C)(C)C)cc1C. The van der Waals surface area contributed by atoms with Crippen LogP contribution in [-0.2, 0) is 32.6 Å². The largest absolute Gasteiger partial charge is 0.532 e. The smallest absolute Gasteiger partial charge is 0.408 e. The molecule has 214 valence electrons. The van der Waals surface area contributed by atoms with Crippen LogP contribution in [0.2, 0.25) is 18.1 Å². The number of rotatable bonds is 8. The van der Waals surface area contributed by atoms with E-state index in [4.69, 9.17) is 13.9 Å². The van der Waals surface area contributed by atoms with Crippen LogP contribution < -0.4 is 9.74 Å². The van der Waals surface area contributed by atoms with Gasteiger partial charge in [0, 0.05) is 20.3 Å². The van der Waals surface area contributed by atoms with Crippen LogP contribution in [0.4, 0.5) is 4.79 Å². The predicted molar refractivity (Wildman–Crippen MR) is 141 cm³/mol. The van der Waals surface area contributed by atoms with E-state index < -0.39 is 39.4 Å². The Kier molecular flexibility index (Phi) is 12.6. The van der Waals surface area contributed by atoms with Gasteiger partial charge in [0.05, 0.1) is 14.2 Å². The summed E-state index contributed by atoms with van der Waals surface area (Å²) in [4.78, 5) is 37.7. The van der Waals surface area contributed by atoms with Crippen LogP contribution >= 0.6 is 7.60 Å². The van der Waals surface area contributed by atoms with E-state index in [1.54, 1.807) is 20.8 Å². The van der Waals surface area contributed by atoms with E-state index in [9.17, 15) is 18.9 Å². The number of esters is 2. The fraction of sp³-hybridized carbons (Fsp3) is 0.696. The number of carbonyl (C=O) groups is 3. The summed E-state index contributed by atoms with van der Waals surface area (Å²) in [5.74, 6) is -2.27. The van der Waals surface area contributed by atoms with Crippen LogP contribution in [0.3, 0.4) is 0 Å². The molecule has 1 atom stereocenters. The third kappa shape index (κ3) is 10.5. The predicted octanol–water partition coefficient (Wildman–Crippen LogP) is 4.99. The third-order valence-electron chi connectivity index (χ3n) is 5.45. The summed E-state index contributed by atoms with van der Waals surface area (Å²) >= 11 is 0. The van der Waals surface area contributed by atoms with Crippen LogP contribution in [-0.4, -0.2) is 71.2 Å². The van der Waals surface area contributed by atoms with E-state index in [-0.39, 0.29) is 11.0 Å². The lowest BCUT2D eigenvalue weighted by Crippen LogP contribution is -2.44. The molecule has 14 heteroatoms. The summed E-state index contributed by atoms with van der Waals surface area (Å²) in [6.45, 7) is 17.7. The number of ether oxygens (including phenoxy) is 3. The lowest BCUT2D eigenvalue weighted by Gasteiger charge is -2.35. The van der Waals surface area contributed by atoms with Crippen molar-refractivity contribution in [3.63, 3.8) is 0 Å². The average molecular weight is 567 g/mol. The van der Waals surface area contributed by atoms with Gasteiger partial charge in [-0.25, -0.2) is 14.4 Å². The molecule has 1 aromatic rings. The highest BCUT2D eigenvalue weighted by atomic mass is 31.2. The van der Waals surface area contributed by atoms with Crippen LogP contribution in [0, 0.1) is 6.92 Å². The zero-order chi connectivity index (χ0) is 29.4. The molecule has 0 aliphatic rings. The first-order valence-electron chi connectivity index (χ1n) is 11.4. The van der Waals surface area contributed by atoms with Gasteiger partial charge in [0.1, 0.15) is 11.3 Å². The number of aryl methyl sites for hydroxylation is 1. The minimum absolute atomic E-state index is 0.122. The first-order valence-corrected chi connectivity index (χ1v) is 16.0. The molecule has 0 bridgehead atoms. The zero-order valence-corrected chi connectivity index (χ0v) is 26.1. The molecule has 1 rings (SSSR count). The fourth-order valence-corrected chi connectivity index (χ4v) is 4.57. The average Bonchev–Trinajstić information content (AvgIpc) is 3.13. The summed E-state index contributed by atoms with van der Waals surface area (Å²) in [5, 5.41) is 2.24. The number of alkyl carbamates (subject to hydrolysis) is 1. The number of hydrogen-bond acceptors (Lipinski definition) is 10. The van der Waals surface area contributed by atoms with E-state index in [0.29, 0.717) is 11.6 Å². The quantitative estimate of drug-likeness (QED) is 0.190. The van der Waals surface area contributed by atoms with Gasteiger partial charge in [-0.3, -0.25) is 9.88 Å². The van der Waals surface area contributed by atoms with Gasteiger partial charge in [-0.05, 0) is 51.4 Å². The Morgan fingerprint density at radius 3 is 1.86 bits per heavy atom. The summed E-state index contributed by atoms with van der Waals surface area (Å²) < 4.78 is 41.7. The fourth-order valence-electron chi connectivity index (χ4n) is 2.41. The molecule has 1 aromatic heterocycles. The Morgan fingerprint density at radius 1 is 0.973 bits per heavy atom. The van der Waals surface area contributed by atoms with Crippen molar-refractivity contribution in [1.29, 1.82) is 0 Å². The van der Waals surface area contributed by atoms with Gasteiger partial charge in [0.15, 0.2) is 5.88 Å². The maximum atomic E-state index is 12.1. The number of H-pyrrole nitrogens is 1. The van der Waals surface area contributed by atoms with E-state index in [0.717, 1.165) is 26.9 Å². The van der Waals surface area contributed by atoms with Crippen LogP contribution in [0.1, 0.15) is 57.6 Å². The second-order valence-corrected chi connectivity index (χ2v) is 17.6. The highest BCUT2D eigenvalue weighted by Gasteiger charge is 2.43. The molecule has 0 spiro atoms. The number of nitrogens with one attached hydrogen (secondary N) is 2. The molecule has 12 nitrogen and oxygen atoms in total. The molecule has 0 fully saturated rings. The number of carbonyl (C=O) groups excluding carboxylic acids is 3. The molecule has 0 aromatic carbocycles. The number of methoxy groups -OCH3 is 2. The molecule has 0 saturated heterocycles. The van der Waals surface area contributed by atoms with Gasteiger partial charge >= 0.3 is 25.6 Å². The molecule has 1 unspecified atom stereocenters. The van der Waals surface area contributed by atoms with E-state index in [1.165, 1.54) is 7.11 Å². The lowest BCUT2D eigenvalue weighted by atomic mass is 10.2. The molecule has 37 heavy (non-hydrogen) atoms. The number of amides is 1. The van der Waals surface area contributed by atoms with Crippen molar-refractivity contribution in [2.45, 2.75) is 78.0 Å². The molecular weight excluding hydrogens is 523 g/mol. The van der Waals surface area contributed by atoms with Crippen molar-refractivity contribution >= 4 is 33.9 Å². The van der Waals surface area contributed by atoms with Gasteiger partial charge in [0.25, 0.3) is 8.32 Å². The number of hydrogen-bond donors (Lipinski definition) is 2. The van der Waals surface area contributed by atoms with Crippen molar-refractivity contribution in [2.75, 3.05) is 28.4 Å². The molecular formula is C23H43N2O10PSi. The normalized spacial score (nSPS) is 13.0. The van der Waals surface area contributed by atoms with Crippen molar-refractivity contribution in [3.05, 3.63) is 17.3 Å². The Hall–Kier alpha value is -2.34.